The molecule has 0 amide bonds. The van der Waals surface area contributed by atoms with E-state index in [1.165, 1.54) is 0 Å². The molecular formula is C20H32O5. The Morgan fingerprint density at radius 1 is 1.04 bits per heavy atom. The summed E-state index contributed by atoms with van der Waals surface area (Å²) in [5, 5.41) is 28.9. The van der Waals surface area contributed by atoms with Crippen LogP contribution in [0.2, 0.25) is 0 Å². The van der Waals surface area contributed by atoms with Gasteiger partial charge >= 0.3 is 5.97 Å². The molecule has 0 aromatic carbocycles. The number of hydrogen-bond acceptors (Lipinski definition) is 4. The lowest BCUT2D eigenvalue weighted by Gasteiger charge is -2.19. The molecule has 1 saturated carbocycles. The Labute approximate surface area is 150 Å². The Kier molecular flexibility index (Phi) is 10.3. The number of carbonyl (C=O) groups excluding carboxylic acids is 1. The van der Waals surface area contributed by atoms with Crippen molar-refractivity contribution < 1.29 is 24.9 Å². The number of carboxylic acids is 1. The molecule has 3 N–H and O–H groups in total. The predicted octanol–water partition coefficient (Wildman–Crippen LogP) is 3.25. The van der Waals surface area contributed by atoms with E-state index < -0.39 is 18.2 Å². The van der Waals surface area contributed by atoms with Crippen molar-refractivity contribution in [1.82, 2.24) is 0 Å². The summed E-state index contributed by atoms with van der Waals surface area (Å²) in [6.07, 6.45) is 11.9. The summed E-state index contributed by atoms with van der Waals surface area (Å²) in [7, 11) is 0. The van der Waals surface area contributed by atoms with Gasteiger partial charge in [-0.25, -0.2) is 0 Å². The molecule has 5 nitrogen and oxygen atoms in total. The van der Waals surface area contributed by atoms with Crippen LogP contribution in [0, 0.1) is 11.8 Å². The minimum absolute atomic E-state index is 0.0741. The molecule has 0 aromatic heterocycles. The first kappa shape index (κ1) is 21.6. The van der Waals surface area contributed by atoms with Crippen molar-refractivity contribution in [2.75, 3.05) is 0 Å². The van der Waals surface area contributed by atoms with Crippen LogP contribution in [-0.2, 0) is 9.59 Å². The van der Waals surface area contributed by atoms with Gasteiger partial charge in [0.05, 0.1) is 12.2 Å². The highest BCUT2D eigenvalue weighted by molar-refractivity contribution is 5.89. The third-order valence-electron chi connectivity index (χ3n) is 4.78. The molecule has 0 aliphatic heterocycles. The highest BCUT2D eigenvalue weighted by atomic mass is 16.4. The van der Waals surface area contributed by atoms with Crippen LogP contribution >= 0.6 is 0 Å². The second kappa shape index (κ2) is 12.0. The zero-order valence-corrected chi connectivity index (χ0v) is 15.1. The van der Waals surface area contributed by atoms with E-state index in [4.69, 9.17) is 5.11 Å². The van der Waals surface area contributed by atoms with Crippen molar-refractivity contribution in [3.8, 4) is 0 Å². The van der Waals surface area contributed by atoms with Crippen LogP contribution in [-0.4, -0.2) is 39.3 Å². The number of carbonyl (C=O) groups is 2. The Hall–Kier alpha value is -1.46. The molecule has 0 unspecified atom stereocenters. The molecule has 1 aliphatic rings. The van der Waals surface area contributed by atoms with Crippen LogP contribution in [0.4, 0.5) is 0 Å². The number of aliphatic hydroxyl groups excluding tert-OH is 2. The van der Waals surface area contributed by atoms with Gasteiger partial charge in [-0.2, -0.15) is 0 Å². The number of rotatable bonds is 12. The van der Waals surface area contributed by atoms with Crippen LogP contribution in [0.25, 0.3) is 0 Å². The maximum Gasteiger partial charge on any atom is 0.303 e. The summed E-state index contributed by atoms with van der Waals surface area (Å²) in [6, 6.07) is 0. The highest BCUT2D eigenvalue weighted by Crippen LogP contribution is 2.36. The van der Waals surface area contributed by atoms with Crippen molar-refractivity contribution in [1.29, 1.82) is 0 Å². The molecule has 0 bridgehead atoms. The fourth-order valence-corrected chi connectivity index (χ4v) is 3.30. The summed E-state index contributed by atoms with van der Waals surface area (Å²) in [4.78, 5) is 22.3. The maximum atomic E-state index is 11.9. The van der Waals surface area contributed by atoms with Gasteiger partial charge in [0.25, 0.3) is 0 Å². The number of carboxylic acid groups (broad SMARTS) is 1. The average Bonchev–Trinajstić information content (AvgIpc) is 2.82. The Balaban J connectivity index is 2.48. The first-order valence-electron chi connectivity index (χ1n) is 9.39. The standard InChI is InChI=1S/C20H32O5/c1-2-3-6-9-15(21)12-13-17-16(18(22)14-19(17)23)10-7-4-5-8-11-20(24)25/h4,7,12-13,16-19,22-23H,2-3,5-6,8-11,14H2,1H3,(H,24,25)/b7-4-,13-12+/t16-,17-,18+,19-/m1/s1. The van der Waals surface area contributed by atoms with Gasteiger partial charge in [0.15, 0.2) is 5.78 Å². The summed E-state index contributed by atoms with van der Waals surface area (Å²) in [5.74, 6) is -1.04. The quantitative estimate of drug-likeness (QED) is 0.285. The summed E-state index contributed by atoms with van der Waals surface area (Å²) < 4.78 is 0. The van der Waals surface area contributed by atoms with Gasteiger partial charge < -0.3 is 15.3 Å². The topological polar surface area (TPSA) is 94.8 Å². The van der Waals surface area contributed by atoms with Gasteiger partial charge in [0.2, 0.25) is 0 Å². The van der Waals surface area contributed by atoms with Crippen molar-refractivity contribution >= 4 is 11.8 Å². The smallest absolute Gasteiger partial charge is 0.303 e. The van der Waals surface area contributed by atoms with E-state index in [1.807, 2.05) is 12.2 Å². The average molecular weight is 352 g/mol. The number of unbranched alkanes of at least 4 members (excludes halogenated alkanes) is 3. The van der Waals surface area contributed by atoms with Gasteiger partial charge in [-0.1, -0.05) is 38.0 Å². The zero-order valence-electron chi connectivity index (χ0n) is 15.1. The van der Waals surface area contributed by atoms with E-state index in [9.17, 15) is 19.8 Å². The van der Waals surface area contributed by atoms with Crippen LogP contribution in [0.15, 0.2) is 24.3 Å². The minimum Gasteiger partial charge on any atom is -0.481 e. The van der Waals surface area contributed by atoms with Crippen molar-refractivity contribution in [3.63, 3.8) is 0 Å². The monoisotopic (exact) mass is 352 g/mol. The number of allylic oxidation sites excluding steroid dienone is 3. The summed E-state index contributed by atoms with van der Waals surface area (Å²) >= 11 is 0. The molecule has 1 aliphatic carbocycles. The largest absolute Gasteiger partial charge is 0.481 e. The predicted molar refractivity (Wildman–Crippen MR) is 97.1 cm³/mol. The van der Waals surface area contributed by atoms with Gasteiger partial charge in [0.1, 0.15) is 0 Å². The fourth-order valence-electron chi connectivity index (χ4n) is 3.30. The number of aliphatic carboxylic acids is 1. The molecular weight excluding hydrogens is 320 g/mol. The molecule has 1 rings (SSSR count). The lowest BCUT2D eigenvalue weighted by molar-refractivity contribution is -0.137. The lowest BCUT2D eigenvalue weighted by atomic mass is 9.89. The van der Waals surface area contributed by atoms with E-state index >= 15 is 0 Å². The minimum atomic E-state index is -0.795. The highest BCUT2D eigenvalue weighted by Gasteiger charge is 2.39. The first-order valence-corrected chi connectivity index (χ1v) is 9.39. The molecule has 5 heteroatoms. The molecule has 0 spiro atoms. The van der Waals surface area contributed by atoms with Gasteiger partial charge in [-0.3, -0.25) is 9.59 Å². The molecule has 1 fully saturated rings. The van der Waals surface area contributed by atoms with Crippen molar-refractivity contribution in [3.05, 3.63) is 24.3 Å². The first-order chi connectivity index (χ1) is 12.0. The number of hydrogen-bond donors (Lipinski definition) is 3. The molecule has 0 heterocycles. The van der Waals surface area contributed by atoms with Gasteiger partial charge in [0, 0.05) is 25.2 Å². The SMILES string of the molecule is CCCCCC(=O)/C=C/[C@@H]1[C@@H](C/C=C\CCCC(=O)O)[C@@H](O)C[C@H]1O. The normalized spacial score (nSPS) is 26.7. The van der Waals surface area contributed by atoms with Gasteiger partial charge in [-0.15, -0.1) is 0 Å². The number of aliphatic hydroxyl groups is 2. The van der Waals surface area contributed by atoms with Crippen LogP contribution < -0.4 is 0 Å². The number of ketones is 1. The third kappa shape index (κ3) is 8.45. The van der Waals surface area contributed by atoms with E-state index in [0.29, 0.717) is 32.1 Å². The van der Waals surface area contributed by atoms with Crippen LogP contribution in [0.3, 0.4) is 0 Å². The Morgan fingerprint density at radius 2 is 1.80 bits per heavy atom. The maximum absolute atomic E-state index is 11.9. The van der Waals surface area contributed by atoms with E-state index in [1.54, 1.807) is 12.2 Å². The molecule has 4 atom stereocenters. The van der Waals surface area contributed by atoms with Gasteiger partial charge in [-0.05, 0) is 37.7 Å². The van der Waals surface area contributed by atoms with E-state index in [0.717, 1.165) is 19.3 Å². The third-order valence-corrected chi connectivity index (χ3v) is 4.78. The molecule has 0 radical (unpaired) electrons. The molecule has 142 valence electrons. The van der Waals surface area contributed by atoms with Crippen molar-refractivity contribution in [2.24, 2.45) is 11.8 Å². The lowest BCUT2D eigenvalue weighted by Crippen LogP contribution is -2.20. The zero-order chi connectivity index (χ0) is 18.7. The summed E-state index contributed by atoms with van der Waals surface area (Å²) in [6.45, 7) is 2.09. The van der Waals surface area contributed by atoms with Crippen LogP contribution in [0.1, 0.15) is 64.7 Å². The second-order valence-electron chi connectivity index (χ2n) is 6.89. The Morgan fingerprint density at radius 3 is 2.48 bits per heavy atom. The summed E-state index contributed by atoms with van der Waals surface area (Å²) in [5.41, 5.74) is 0. The molecule has 0 saturated heterocycles. The van der Waals surface area contributed by atoms with Crippen LogP contribution in [0.5, 0.6) is 0 Å². The van der Waals surface area contributed by atoms with E-state index in [-0.39, 0.29) is 24.0 Å². The second-order valence-corrected chi connectivity index (χ2v) is 6.89. The molecule has 25 heavy (non-hydrogen) atoms. The van der Waals surface area contributed by atoms with E-state index in [2.05, 4.69) is 6.92 Å². The Bertz CT molecular complexity index is 469. The fraction of sp³-hybridized carbons (Fsp3) is 0.700. The van der Waals surface area contributed by atoms with Crippen molar-refractivity contribution in [2.45, 2.75) is 76.9 Å². The molecule has 0 aromatic rings.